The Labute approximate surface area is 255 Å². The molecule has 2 unspecified atom stereocenters. The van der Waals surface area contributed by atoms with Crippen LogP contribution in [0.3, 0.4) is 0 Å². The van der Waals surface area contributed by atoms with Crippen molar-refractivity contribution >= 4 is 44.6 Å². The molecule has 4 aromatic rings. The number of rotatable bonds is 6. The number of fused-ring (bicyclic) bond motifs is 2. The fourth-order valence-corrected chi connectivity index (χ4v) is 20.9. The summed E-state index contributed by atoms with van der Waals surface area (Å²) in [5, 5.41) is 5.49. The Morgan fingerprint density at radius 3 is 1.27 bits per heavy atom. The molecule has 4 aromatic carbocycles. The predicted octanol–water partition coefficient (Wildman–Crippen LogP) is 10.6. The smallest absolute Gasteiger partial charge is 0.147 e. The molecule has 0 N–H and O–H groups in total. The standard InChI is InChI=1S/2C17H15.2CH3.2ClH.H2Si.Ti/c2*1-2-13-11-15-9-6-10-16(17(15)12-13)14-7-4-3-5-8-14;;;;;;/h2*3-12H,2H2,1H3;2*1H3;2*1H;1H2;. The molecule has 0 saturated carbocycles. The van der Waals surface area contributed by atoms with Crippen molar-refractivity contribution in [2.45, 2.75) is 45.6 Å². The zero-order valence-corrected chi connectivity index (χ0v) is 28.6. The van der Waals surface area contributed by atoms with E-state index in [9.17, 15) is 0 Å². The molecular weight excluding hydrogens is 579 g/mol. The molecule has 0 radical (unpaired) electrons. The third-order valence-electron chi connectivity index (χ3n) is 9.19. The maximum atomic E-state index is 2.74. The van der Waals surface area contributed by atoms with E-state index in [-0.39, 0.29) is 24.8 Å². The molecule has 0 aliphatic heterocycles. The monoisotopic (exact) mass is 618 g/mol. The summed E-state index contributed by atoms with van der Waals surface area (Å²) in [5.74, 6) is 0. The van der Waals surface area contributed by atoms with Crippen LogP contribution in [0.5, 0.6) is 0 Å². The van der Waals surface area contributed by atoms with Crippen molar-refractivity contribution in [1.29, 1.82) is 0 Å². The van der Waals surface area contributed by atoms with Crippen LogP contribution < -0.4 is 0 Å². The van der Waals surface area contributed by atoms with Gasteiger partial charge in [-0.3, -0.25) is 0 Å². The van der Waals surface area contributed by atoms with Gasteiger partial charge in [-0.1, -0.05) is 0 Å². The Kier molecular flexibility index (Phi) is 8.96. The molecule has 2 atom stereocenters. The van der Waals surface area contributed by atoms with Crippen LogP contribution in [0.25, 0.3) is 34.4 Å². The minimum atomic E-state index is -3.28. The predicted molar refractivity (Wildman–Crippen MR) is 181 cm³/mol. The molecule has 0 heterocycles. The van der Waals surface area contributed by atoms with Gasteiger partial charge in [0.1, 0.15) is 0 Å². The molecule has 40 heavy (non-hydrogen) atoms. The van der Waals surface area contributed by atoms with Gasteiger partial charge in [-0.25, -0.2) is 0 Å². The van der Waals surface area contributed by atoms with E-state index in [1.807, 2.05) is 0 Å². The second-order valence-electron chi connectivity index (χ2n) is 12.3. The third-order valence-corrected chi connectivity index (χ3v) is 20.6. The SMILES string of the molecule is CCC1=Cc2c(-c3ccccc3)cccc2[CH]1[Ti]([CH3])([CH3])(=[SiH2])[CH]1C(CC)=Cc2c(-c3ccccc3)cccc21.Cl.Cl. The van der Waals surface area contributed by atoms with Crippen molar-refractivity contribution in [3.8, 4) is 22.3 Å². The summed E-state index contributed by atoms with van der Waals surface area (Å²) in [5.41, 5.74) is 14.8. The second kappa shape index (κ2) is 11.6. The molecule has 0 amide bonds. The van der Waals surface area contributed by atoms with Gasteiger partial charge in [0.2, 0.25) is 0 Å². The second-order valence-corrected chi connectivity index (χ2v) is 32.5. The zero-order chi connectivity index (χ0) is 26.5. The first-order valence-electron chi connectivity index (χ1n) is 14.2. The number of hydrogen-bond donors (Lipinski definition) is 0. The van der Waals surface area contributed by atoms with Crippen LogP contribution in [0, 0.1) is 0 Å². The van der Waals surface area contributed by atoms with Crippen LogP contribution >= 0.6 is 24.8 Å². The van der Waals surface area contributed by atoms with Crippen molar-refractivity contribution in [2.75, 3.05) is 0 Å². The maximum Gasteiger partial charge on any atom is -0.147 e. The first kappa shape index (κ1) is 30.8. The number of benzene rings is 4. The fraction of sp³-hybridized carbons (Fsp3) is 0.222. The molecule has 0 bridgehead atoms. The van der Waals surface area contributed by atoms with Gasteiger partial charge in [0.05, 0.1) is 0 Å². The van der Waals surface area contributed by atoms with Gasteiger partial charge in [0, 0.05) is 0 Å². The van der Waals surface area contributed by atoms with Crippen molar-refractivity contribution in [2.24, 2.45) is 0 Å². The van der Waals surface area contributed by atoms with Crippen LogP contribution in [-0.4, -0.2) is 7.63 Å². The number of hydrogen-bond acceptors (Lipinski definition) is 0. The Morgan fingerprint density at radius 1 is 0.550 bits per heavy atom. The van der Waals surface area contributed by atoms with E-state index in [4.69, 9.17) is 0 Å². The van der Waals surface area contributed by atoms with Crippen molar-refractivity contribution in [3.63, 3.8) is 0 Å². The van der Waals surface area contributed by atoms with Gasteiger partial charge in [0.25, 0.3) is 0 Å². The van der Waals surface area contributed by atoms with Crippen molar-refractivity contribution < 1.29 is 14.0 Å². The van der Waals surface area contributed by atoms with Gasteiger partial charge in [-0.05, 0) is 0 Å². The van der Waals surface area contributed by atoms with Crippen LogP contribution in [-0.2, 0) is 14.0 Å². The van der Waals surface area contributed by atoms with Crippen molar-refractivity contribution in [1.82, 2.24) is 0 Å². The van der Waals surface area contributed by atoms with E-state index in [1.165, 1.54) is 33.4 Å². The summed E-state index contributed by atoms with van der Waals surface area (Å²) < 4.78 is 1.08. The van der Waals surface area contributed by atoms with Gasteiger partial charge < -0.3 is 0 Å². The first-order valence-corrected chi connectivity index (χ1v) is 23.1. The van der Waals surface area contributed by atoms with Crippen molar-refractivity contribution in [3.05, 3.63) is 130 Å². The topological polar surface area (TPSA) is 0 Å². The Balaban J connectivity index is 0.00000185. The molecule has 2 aliphatic carbocycles. The van der Waals surface area contributed by atoms with Crippen LogP contribution in [0.15, 0.2) is 108 Å². The average molecular weight is 620 g/mol. The van der Waals surface area contributed by atoms with Crippen LogP contribution in [0.4, 0.5) is 0 Å². The molecular formula is C36H40Cl2SiTi. The van der Waals surface area contributed by atoms with E-state index < -0.39 is 14.0 Å². The first-order chi connectivity index (χ1) is 18.3. The minimum Gasteiger partial charge on any atom is -0.147 e. The van der Waals surface area contributed by atoms with Gasteiger partial charge in [0.15, 0.2) is 0 Å². The summed E-state index contributed by atoms with van der Waals surface area (Å²) in [6.45, 7) is 4.73. The zero-order valence-electron chi connectivity index (χ0n) is 24.0. The van der Waals surface area contributed by atoms with E-state index in [1.54, 1.807) is 22.3 Å². The molecule has 4 heteroatoms. The van der Waals surface area contributed by atoms with Crippen LogP contribution in [0.2, 0.25) is 10.5 Å². The maximum absolute atomic E-state index is 3.28. The van der Waals surface area contributed by atoms with Gasteiger partial charge in [-0.2, -0.15) is 0 Å². The Bertz CT molecular complexity index is 1540. The summed E-state index contributed by atoms with van der Waals surface area (Å²) in [6.07, 6.45) is 7.36. The van der Waals surface area contributed by atoms with E-state index in [2.05, 4.69) is 141 Å². The third kappa shape index (κ3) is 4.95. The molecule has 0 spiro atoms. The minimum absolute atomic E-state index is 0. The molecule has 0 nitrogen and oxygen atoms in total. The Hall–Kier alpha value is -2.13. The number of allylic oxidation sites excluding steroid dienone is 2. The van der Waals surface area contributed by atoms with Gasteiger partial charge >= 0.3 is 232 Å². The summed E-state index contributed by atoms with van der Waals surface area (Å²) >= 11 is -3.28. The van der Waals surface area contributed by atoms with Gasteiger partial charge in [-0.15, -0.1) is 24.8 Å². The largest absolute Gasteiger partial charge is 0.147 e. The Morgan fingerprint density at radius 2 is 0.925 bits per heavy atom. The fourth-order valence-electron chi connectivity index (χ4n) is 7.69. The van der Waals surface area contributed by atoms with Crippen LogP contribution in [0.1, 0.15) is 57.4 Å². The summed E-state index contributed by atoms with van der Waals surface area (Å²) in [6, 6.07) is 36.0. The molecule has 0 aromatic heterocycles. The molecule has 0 saturated heterocycles. The molecule has 206 valence electrons. The van der Waals surface area contributed by atoms with E-state index >= 15 is 0 Å². The molecule has 2 aliphatic rings. The van der Waals surface area contributed by atoms with E-state index in [0.717, 1.165) is 12.8 Å². The molecule has 6 rings (SSSR count). The normalized spacial score (nSPS) is 17.6. The average Bonchev–Trinajstić information content (AvgIpc) is 3.53. The molecule has 0 fully saturated rings. The van der Waals surface area contributed by atoms with E-state index in [0.29, 0.717) is 8.45 Å². The summed E-state index contributed by atoms with van der Waals surface area (Å²) in [7, 11) is 2.44. The quantitative estimate of drug-likeness (QED) is 0.189. The number of halogens is 2. The summed E-state index contributed by atoms with van der Waals surface area (Å²) in [4.78, 5) is 0.